The lowest BCUT2D eigenvalue weighted by Crippen LogP contribution is -2.33. The van der Waals surface area contributed by atoms with Crippen molar-refractivity contribution in [2.75, 3.05) is 18.9 Å². The number of carbonyl (C=O) groups excluding carboxylic acids is 2. The Morgan fingerprint density at radius 2 is 1.81 bits per heavy atom. The first-order chi connectivity index (χ1) is 11.6. The lowest BCUT2D eigenvalue weighted by Gasteiger charge is -2.12. The molecule has 1 aromatic carbocycles. The molecule has 0 aliphatic heterocycles. The zero-order valence-electron chi connectivity index (χ0n) is 14.7. The van der Waals surface area contributed by atoms with Crippen molar-refractivity contribution >= 4 is 42.3 Å². The minimum absolute atomic E-state index is 0. The van der Waals surface area contributed by atoms with Gasteiger partial charge in [0.25, 0.3) is 5.91 Å². The molecule has 1 atom stereocenters. The third-order valence-corrected chi connectivity index (χ3v) is 3.56. The molecule has 2 aromatic rings. The van der Waals surface area contributed by atoms with E-state index in [-0.39, 0.29) is 42.5 Å². The van der Waals surface area contributed by atoms with E-state index >= 15 is 0 Å². The smallest absolute Gasteiger partial charge is 0.257 e. The second-order valence-corrected chi connectivity index (χ2v) is 5.57. The maximum absolute atomic E-state index is 12.0. The SMILES string of the molecule is CNCC(C)C(=O)NCc1ccc(NC(=O)c2cccnc2)cc1.Cl.Cl. The summed E-state index contributed by atoms with van der Waals surface area (Å²) in [5.74, 6) is -0.267. The van der Waals surface area contributed by atoms with E-state index in [1.807, 2.05) is 38.2 Å². The van der Waals surface area contributed by atoms with Crippen molar-refractivity contribution < 1.29 is 9.59 Å². The van der Waals surface area contributed by atoms with Gasteiger partial charge in [0.15, 0.2) is 0 Å². The molecule has 0 aliphatic carbocycles. The largest absolute Gasteiger partial charge is 0.352 e. The Labute approximate surface area is 166 Å². The number of rotatable bonds is 7. The first-order valence-electron chi connectivity index (χ1n) is 7.82. The summed E-state index contributed by atoms with van der Waals surface area (Å²) in [6, 6.07) is 10.8. The van der Waals surface area contributed by atoms with E-state index < -0.39 is 0 Å². The van der Waals surface area contributed by atoms with E-state index in [9.17, 15) is 9.59 Å². The van der Waals surface area contributed by atoms with Crippen molar-refractivity contribution in [3.8, 4) is 0 Å². The van der Waals surface area contributed by atoms with Gasteiger partial charge >= 0.3 is 0 Å². The molecule has 1 heterocycles. The third-order valence-electron chi connectivity index (χ3n) is 3.56. The fourth-order valence-electron chi connectivity index (χ4n) is 2.17. The van der Waals surface area contributed by atoms with Crippen LogP contribution < -0.4 is 16.0 Å². The van der Waals surface area contributed by atoms with Crippen molar-refractivity contribution in [1.82, 2.24) is 15.6 Å². The molecule has 0 saturated heterocycles. The van der Waals surface area contributed by atoms with Gasteiger partial charge in [-0.1, -0.05) is 19.1 Å². The van der Waals surface area contributed by atoms with E-state index in [2.05, 4.69) is 20.9 Å². The quantitative estimate of drug-likeness (QED) is 0.669. The number of benzene rings is 1. The number of nitrogens with one attached hydrogen (secondary N) is 3. The van der Waals surface area contributed by atoms with Gasteiger partial charge in [0.1, 0.15) is 0 Å². The Morgan fingerprint density at radius 3 is 2.38 bits per heavy atom. The Bertz CT molecular complexity index is 681. The second kappa shape index (κ2) is 12.2. The number of pyridine rings is 1. The molecular weight excluding hydrogens is 375 g/mol. The van der Waals surface area contributed by atoms with Gasteiger partial charge in [-0.2, -0.15) is 0 Å². The highest BCUT2D eigenvalue weighted by atomic mass is 35.5. The summed E-state index contributed by atoms with van der Waals surface area (Å²) in [5, 5.41) is 8.69. The fraction of sp³-hybridized carbons (Fsp3) is 0.278. The van der Waals surface area contributed by atoms with Gasteiger partial charge in [0, 0.05) is 37.1 Å². The molecule has 2 rings (SSSR count). The van der Waals surface area contributed by atoms with Crippen LogP contribution in [0.1, 0.15) is 22.8 Å². The number of anilines is 1. The summed E-state index contributed by atoms with van der Waals surface area (Å²) in [6.07, 6.45) is 3.14. The predicted octanol–water partition coefficient (Wildman–Crippen LogP) is 2.65. The highest BCUT2D eigenvalue weighted by molar-refractivity contribution is 6.04. The highest BCUT2D eigenvalue weighted by Gasteiger charge is 2.11. The van der Waals surface area contributed by atoms with Crippen molar-refractivity contribution in [3.63, 3.8) is 0 Å². The number of hydrogen-bond acceptors (Lipinski definition) is 4. The van der Waals surface area contributed by atoms with Crippen LogP contribution in [0.2, 0.25) is 0 Å². The summed E-state index contributed by atoms with van der Waals surface area (Å²) < 4.78 is 0. The average Bonchev–Trinajstić information content (AvgIpc) is 2.61. The van der Waals surface area contributed by atoms with Crippen LogP contribution in [0.25, 0.3) is 0 Å². The molecule has 0 radical (unpaired) electrons. The number of amides is 2. The minimum atomic E-state index is -0.204. The van der Waals surface area contributed by atoms with E-state index in [4.69, 9.17) is 0 Å². The van der Waals surface area contributed by atoms with Crippen LogP contribution >= 0.6 is 24.8 Å². The van der Waals surface area contributed by atoms with E-state index in [0.29, 0.717) is 24.3 Å². The Hall–Kier alpha value is -2.15. The second-order valence-electron chi connectivity index (χ2n) is 5.57. The van der Waals surface area contributed by atoms with Gasteiger partial charge < -0.3 is 16.0 Å². The number of carbonyl (C=O) groups is 2. The van der Waals surface area contributed by atoms with Crippen LogP contribution in [-0.2, 0) is 11.3 Å². The zero-order chi connectivity index (χ0) is 17.4. The van der Waals surface area contributed by atoms with Crippen LogP contribution in [-0.4, -0.2) is 30.4 Å². The molecule has 3 N–H and O–H groups in total. The van der Waals surface area contributed by atoms with Gasteiger partial charge in [-0.3, -0.25) is 14.6 Å². The third kappa shape index (κ3) is 7.39. The predicted molar refractivity (Wildman–Crippen MR) is 108 cm³/mol. The maximum Gasteiger partial charge on any atom is 0.257 e. The molecule has 0 fully saturated rings. The summed E-state index contributed by atoms with van der Waals surface area (Å²) in [7, 11) is 1.82. The van der Waals surface area contributed by atoms with E-state index in [1.165, 1.54) is 6.20 Å². The maximum atomic E-state index is 12.0. The van der Waals surface area contributed by atoms with Gasteiger partial charge in [-0.15, -0.1) is 24.8 Å². The zero-order valence-corrected chi connectivity index (χ0v) is 16.3. The summed E-state index contributed by atoms with van der Waals surface area (Å²) in [6.45, 7) is 2.98. The Kier molecular flexibility index (Phi) is 11.2. The highest BCUT2D eigenvalue weighted by Crippen LogP contribution is 2.11. The van der Waals surface area contributed by atoms with E-state index in [1.54, 1.807) is 18.3 Å². The average molecular weight is 399 g/mol. The molecule has 142 valence electrons. The first kappa shape index (κ1) is 23.9. The van der Waals surface area contributed by atoms with Crippen molar-refractivity contribution in [2.24, 2.45) is 5.92 Å². The van der Waals surface area contributed by atoms with Crippen LogP contribution in [0, 0.1) is 5.92 Å². The summed E-state index contributed by atoms with van der Waals surface area (Å²) >= 11 is 0. The van der Waals surface area contributed by atoms with Crippen LogP contribution in [0.15, 0.2) is 48.8 Å². The standard InChI is InChI=1S/C18H22N4O2.2ClH/c1-13(10-19-2)17(23)21-11-14-5-7-16(8-6-14)22-18(24)15-4-3-9-20-12-15;;/h3-9,12-13,19H,10-11H2,1-2H3,(H,21,23)(H,22,24);2*1H. The topological polar surface area (TPSA) is 83.1 Å². The van der Waals surface area contributed by atoms with Gasteiger partial charge in [-0.25, -0.2) is 0 Å². The monoisotopic (exact) mass is 398 g/mol. The number of aromatic nitrogens is 1. The number of hydrogen-bond donors (Lipinski definition) is 3. The van der Waals surface area contributed by atoms with Gasteiger partial charge in [0.2, 0.25) is 5.91 Å². The Morgan fingerprint density at radius 1 is 1.12 bits per heavy atom. The van der Waals surface area contributed by atoms with Crippen LogP contribution in [0.4, 0.5) is 5.69 Å². The minimum Gasteiger partial charge on any atom is -0.352 e. The molecule has 2 amide bonds. The lowest BCUT2D eigenvalue weighted by molar-refractivity contribution is -0.124. The molecule has 0 bridgehead atoms. The molecule has 1 unspecified atom stereocenters. The molecule has 26 heavy (non-hydrogen) atoms. The molecule has 0 aliphatic rings. The molecule has 6 nitrogen and oxygen atoms in total. The molecule has 0 spiro atoms. The van der Waals surface area contributed by atoms with Crippen LogP contribution in [0.5, 0.6) is 0 Å². The van der Waals surface area contributed by atoms with Gasteiger partial charge in [0.05, 0.1) is 5.56 Å². The van der Waals surface area contributed by atoms with Crippen molar-refractivity contribution in [1.29, 1.82) is 0 Å². The summed E-state index contributed by atoms with van der Waals surface area (Å²) in [4.78, 5) is 27.8. The first-order valence-corrected chi connectivity index (χ1v) is 7.82. The van der Waals surface area contributed by atoms with E-state index in [0.717, 1.165) is 5.56 Å². The fourth-order valence-corrected chi connectivity index (χ4v) is 2.17. The molecule has 0 saturated carbocycles. The molecule has 1 aromatic heterocycles. The van der Waals surface area contributed by atoms with Crippen LogP contribution in [0.3, 0.4) is 0 Å². The summed E-state index contributed by atoms with van der Waals surface area (Å²) in [5.41, 5.74) is 2.18. The molecule has 8 heteroatoms. The van der Waals surface area contributed by atoms with Crippen molar-refractivity contribution in [2.45, 2.75) is 13.5 Å². The van der Waals surface area contributed by atoms with Gasteiger partial charge in [-0.05, 0) is 36.9 Å². The molecular formula is C18H24Cl2N4O2. The van der Waals surface area contributed by atoms with Crippen molar-refractivity contribution in [3.05, 3.63) is 59.9 Å². The number of halogens is 2. The normalized spacial score (nSPS) is 10.7. The lowest BCUT2D eigenvalue weighted by atomic mass is 10.1. The number of nitrogens with zero attached hydrogens (tertiary/aromatic N) is 1. The Balaban J connectivity index is 0.00000312.